The Morgan fingerprint density at radius 3 is 2.56 bits per heavy atom. The van der Waals surface area contributed by atoms with Crippen molar-refractivity contribution in [2.24, 2.45) is 0 Å². The number of carbonyl (C=O) groups is 1. The molecule has 2 aromatic carbocycles. The van der Waals surface area contributed by atoms with Crippen LogP contribution in [0.1, 0.15) is 31.2 Å². The van der Waals surface area contributed by atoms with Gasteiger partial charge in [0.1, 0.15) is 0 Å². The van der Waals surface area contributed by atoms with Gasteiger partial charge in [0, 0.05) is 23.8 Å². The van der Waals surface area contributed by atoms with Crippen LogP contribution in [0.4, 0.5) is 0 Å². The molecule has 4 rings (SSSR count). The largest absolute Gasteiger partial charge is 0.355 e. The lowest BCUT2D eigenvalue weighted by Gasteiger charge is -2.42. The van der Waals surface area contributed by atoms with Gasteiger partial charge in [0.2, 0.25) is 11.3 Å². The fourth-order valence-corrected chi connectivity index (χ4v) is 3.87. The fourth-order valence-electron chi connectivity index (χ4n) is 3.87. The lowest BCUT2D eigenvalue weighted by Crippen LogP contribution is -2.45. The monoisotopic (exact) mass is 361 g/mol. The number of hydrogen-bond acceptors (Lipinski definition) is 3. The maximum atomic E-state index is 12.4. The van der Waals surface area contributed by atoms with Crippen LogP contribution in [-0.2, 0) is 16.8 Å². The topological polar surface area (TPSA) is 64.0 Å². The van der Waals surface area contributed by atoms with Gasteiger partial charge in [-0.1, -0.05) is 48.9 Å². The van der Waals surface area contributed by atoms with E-state index in [1.54, 1.807) is 10.7 Å². The Hall–Kier alpha value is -2.95. The van der Waals surface area contributed by atoms with Crippen molar-refractivity contribution in [1.82, 2.24) is 15.1 Å². The van der Waals surface area contributed by atoms with Gasteiger partial charge in [-0.05, 0) is 30.5 Å². The highest BCUT2D eigenvalue weighted by molar-refractivity contribution is 5.79. The van der Waals surface area contributed by atoms with Crippen LogP contribution in [0.15, 0.2) is 65.6 Å². The highest BCUT2D eigenvalue weighted by atomic mass is 16.1. The van der Waals surface area contributed by atoms with Gasteiger partial charge in [-0.2, -0.15) is 5.10 Å². The molecule has 1 fully saturated rings. The highest BCUT2D eigenvalue weighted by Crippen LogP contribution is 2.43. The van der Waals surface area contributed by atoms with Gasteiger partial charge in [-0.15, -0.1) is 0 Å². The van der Waals surface area contributed by atoms with Crippen molar-refractivity contribution in [2.75, 3.05) is 6.54 Å². The zero-order valence-corrected chi connectivity index (χ0v) is 15.2. The van der Waals surface area contributed by atoms with E-state index in [1.807, 2.05) is 24.3 Å². The second-order valence-corrected chi connectivity index (χ2v) is 7.28. The summed E-state index contributed by atoms with van der Waals surface area (Å²) in [7, 11) is 0. The molecule has 27 heavy (non-hydrogen) atoms. The normalized spacial score (nSPS) is 15.3. The standard InChI is InChI=1S/C22H23N3O2/c26-20-15-24-25(19-10-5-4-9-18(19)20)14-11-21(27)23-16-22(12-6-13-22)17-7-2-1-3-8-17/h1-5,7-10,15H,6,11-14,16H2,(H,23,27). The number of rotatable bonds is 6. The fraction of sp³-hybridized carbons (Fsp3) is 0.318. The first kappa shape index (κ1) is 17.5. The molecule has 0 radical (unpaired) electrons. The number of benzene rings is 2. The summed E-state index contributed by atoms with van der Waals surface area (Å²) in [6.45, 7) is 1.12. The molecule has 1 saturated carbocycles. The quantitative estimate of drug-likeness (QED) is 0.734. The van der Waals surface area contributed by atoms with E-state index >= 15 is 0 Å². The predicted octanol–water partition coefficient (Wildman–Crippen LogP) is 3.02. The number of fused-ring (bicyclic) bond motifs is 1. The van der Waals surface area contributed by atoms with Crippen molar-refractivity contribution in [3.63, 3.8) is 0 Å². The Labute approximate surface area is 158 Å². The minimum Gasteiger partial charge on any atom is -0.355 e. The first-order valence-corrected chi connectivity index (χ1v) is 9.45. The Morgan fingerprint density at radius 2 is 1.81 bits per heavy atom. The number of aryl methyl sites for hydroxylation is 1. The first-order chi connectivity index (χ1) is 13.2. The van der Waals surface area contributed by atoms with Crippen LogP contribution in [0.3, 0.4) is 0 Å². The molecule has 0 unspecified atom stereocenters. The molecule has 0 aliphatic heterocycles. The van der Waals surface area contributed by atoms with Crippen LogP contribution in [0.25, 0.3) is 10.9 Å². The lowest BCUT2D eigenvalue weighted by atomic mass is 9.64. The average molecular weight is 361 g/mol. The molecule has 1 amide bonds. The lowest BCUT2D eigenvalue weighted by molar-refractivity contribution is -0.121. The number of nitrogens with one attached hydrogen (secondary N) is 1. The molecular formula is C22H23N3O2. The number of aromatic nitrogens is 2. The number of hydrogen-bond donors (Lipinski definition) is 1. The molecule has 1 aliphatic carbocycles. The van der Waals surface area contributed by atoms with Gasteiger partial charge >= 0.3 is 0 Å². The van der Waals surface area contributed by atoms with Crippen molar-refractivity contribution in [2.45, 2.75) is 37.6 Å². The molecule has 5 heteroatoms. The molecule has 0 bridgehead atoms. The second-order valence-electron chi connectivity index (χ2n) is 7.28. The van der Waals surface area contributed by atoms with Crippen LogP contribution in [-0.4, -0.2) is 22.2 Å². The van der Waals surface area contributed by atoms with Crippen molar-refractivity contribution in [3.05, 3.63) is 76.6 Å². The predicted molar refractivity (Wildman–Crippen MR) is 106 cm³/mol. The van der Waals surface area contributed by atoms with E-state index in [0.29, 0.717) is 24.9 Å². The van der Waals surface area contributed by atoms with Gasteiger partial charge in [-0.25, -0.2) is 0 Å². The maximum absolute atomic E-state index is 12.4. The second kappa shape index (κ2) is 7.35. The minimum absolute atomic E-state index is 0.0155. The molecule has 0 atom stereocenters. The molecule has 1 heterocycles. The third kappa shape index (κ3) is 3.50. The third-order valence-corrected chi connectivity index (χ3v) is 5.63. The first-order valence-electron chi connectivity index (χ1n) is 9.45. The van der Waals surface area contributed by atoms with Gasteiger partial charge < -0.3 is 5.32 Å². The van der Waals surface area contributed by atoms with E-state index in [1.165, 1.54) is 18.2 Å². The van der Waals surface area contributed by atoms with Crippen LogP contribution in [0.2, 0.25) is 0 Å². The summed E-state index contributed by atoms with van der Waals surface area (Å²) < 4.78 is 1.73. The van der Waals surface area contributed by atoms with E-state index in [9.17, 15) is 9.59 Å². The smallest absolute Gasteiger partial charge is 0.221 e. The van der Waals surface area contributed by atoms with Crippen LogP contribution >= 0.6 is 0 Å². The van der Waals surface area contributed by atoms with Crippen molar-refractivity contribution in [1.29, 1.82) is 0 Å². The summed E-state index contributed by atoms with van der Waals surface area (Å²) >= 11 is 0. The molecule has 5 nitrogen and oxygen atoms in total. The Bertz CT molecular complexity index is 1010. The summed E-state index contributed by atoms with van der Waals surface area (Å²) in [6, 6.07) is 17.8. The molecule has 138 valence electrons. The molecule has 1 aliphatic rings. The Kier molecular flexibility index (Phi) is 4.75. The number of para-hydroxylation sites is 1. The molecule has 1 aromatic heterocycles. The zero-order valence-electron chi connectivity index (χ0n) is 15.2. The van der Waals surface area contributed by atoms with Crippen molar-refractivity contribution < 1.29 is 4.79 Å². The van der Waals surface area contributed by atoms with E-state index < -0.39 is 0 Å². The average Bonchev–Trinajstić information content (AvgIpc) is 2.68. The van der Waals surface area contributed by atoms with Crippen molar-refractivity contribution >= 4 is 16.8 Å². The summed E-state index contributed by atoms with van der Waals surface area (Å²) in [5.74, 6) is 0.0155. The third-order valence-electron chi connectivity index (χ3n) is 5.63. The Balaban J connectivity index is 1.40. The zero-order chi connectivity index (χ0) is 18.7. The molecular weight excluding hydrogens is 338 g/mol. The van der Waals surface area contributed by atoms with E-state index in [4.69, 9.17) is 0 Å². The van der Waals surface area contributed by atoms with E-state index in [-0.39, 0.29) is 16.8 Å². The number of amides is 1. The summed E-state index contributed by atoms with van der Waals surface area (Å²) in [6.07, 6.45) is 5.09. The summed E-state index contributed by atoms with van der Waals surface area (Å²) in [5.41, 5.74) is 2.06. The van der Waals surface area contributed by atoms with Gasteiger partial charge in [0.05, 0.1) is 18.3 Å². The van der Waals surface area contributed by atoms with Gasteiger partial charge in [0.25, 0.3) is 0 Å². The van der Waals surface area contributed by atoms with E-state index in [0.717, 1.165) is 18.4 Å². The SMILES string of the molecule is O=C(CCn1ncc(=O)c2ccccc21)NCC1(c2ccccc2)CCC1. The van der Waals surface area contributed by atoms with Crippen LogP contribution in [0.5, 0.6) is 0 Å². The van der Waals surface area contributed by atoms with Gasteiger partial charge in [0.15, 0.2) is 0 Å². The molecule has 0 saturated heterocycles. The number of nitrogens with zero attached hydrogens (tertiary/aromatic N) is 2. The summed E-state index contributed by atoms with van der Waals surface area (Å²) in [5, 5.41) is 7.93. The van der Waals surface area contributed by atoms with Crippen LogP contribution in [0, 0.1) is 0 Å². The maximum Gasteiger partial charge on any atom is 0.221 e. The van der Waals surface area contributed by atoms with Gasteiger partial charge in [-0.3, -0.25) is 14.3 Å². The molecule has 1 N–H and O–H groups in total. The molecule has 3 aromatic rings. The van der Waals surface area contributed by atoms with Crippen molar-refractivity contribution in [3.8, 4) is 0 Å². The van der Waals surface area contributed by atoms with Crippen LogP contribution < -0.4 is 10.7 Å². The Morgan fingerprint density at radius 1 is 1.07 bits per heavy atom. The van der Waals surface area contributed by atoms with E-state index in [2.05, 4.69) is 34.7 Å². The summed E-state index contributed by atoms with van der Waals surface area (Å²) in [4.78, 5) is 24.3. The number of carbonyl (C=O) groups excluding carboxylic acids is 1. The minimum atomic E-state index is -0.0962. The highest BCUT2D eigenvalue weighted by Gasteiger charge is 2.38. The molecule has 0 spiro atoms.